The van der Waals surface area contributed by atoms with Gasteiger partial charge in [-0.05, 0) is 37.4 Å². The van der Waals surface area contributed by atoms with Crippen molar-refractivity contribution in [2.45, 2.75) is 20.4 Å². The Kier molecular flexibility index (Phi) is 8.41. The van der Waals surface area contributed by atoms with Gasteiger partial charge in [-0.3, -0.25) is 0 Å². The monoisotopic (exact) mass is 470 g/mol. The van der Waals surface area contributed by atoms with Crippen LogP contribution in [0.3, 0.4) is 0 Å². The van der Waals surface area contributed by atoms with Gasteiger partial charge in [-0.25, -0.2) is 4.79 Å². The molecule has 0 amide bonds. The van der Waals surface area contributed by atoms with Gasteiger partial charge in [0.15, 0.2) is 0 Å². The minimum absolute atomic E-state index is 0.00464. The molecule has 0 saturated heterocycles. The Hall–Kier alpha value is -1.96. The molecule has 0 aliphatic carbocycles. The maximum absolute atomic E-state index is 12.2. The first-order chi connectivity index (χ1) is 13.3. The van der Waals surface area contributed by atoms with Crippen molar-refractivity contribution >= 4 is 39.2 Å². The number of likely N-dealkylation sites (N-methyl/N-ethyl adjacent to an activating group) is 1. The summed E-state index contributed by atoms with van der Waals surface area (Å²) in [5.74, 6) is -0.739. The fourth-order valence-electron chi connectivity index (χ4n) is 2.65. The van der Waals surface area contributed by atoms with Gasteiger partial charge < -0.3 is 25.2 Å². The van der Waals surface area contributed by atoms with Crippen molar-refractivity contribution in [1.82, 2.24) is 4.90 Å². The number of rotatable bonds is 9. The number of ether oxygens (including phenoxy) is 1. The molecule has 0 aliphatic heterocycles. The van der Waals surface area contributed by atoms with Crippen molar-refractivity contribution in [1.29, 1.82) is 0 Å². The van der Waals surface area contributed by atoms with Crippen LogP contribution in [0.1, 0.15) is 29.8 Å². The van der Waals surface area contributed by atoms with Crippen LogP contribution >= 0.6 is 27.5 Å². The number of anilines is 1. The van der Waals surface area contributed by atoms with Crippen LogP contribution in [0.5, 0.6) is 11.5 Å². The van der Waals surface area contributed by atoms with E-state index in [0.29, 0.717) is 17.8 Å². The summed E-state index contributed by atoms with van der Waals surface area (Å²) < 4.78 is 5.99. The summed E-state index contributed by atoms with van der Waals surface area (Å²) in [6, 6.07) is 7.96. The highest BCUT2D eigenvalue weighted by atomic mass is 79.9. The summed E-state index contributed by atoms with van der Waals surface area (Å²) in [6.45, 7) is 7.07. The highest BCUT2D eigenvalue weighted by molar-refractivity contribution is 9.10. The zero-order valence-corrected chi connectivity index (χ0v) is 18.2. The van der Waals surface area contributed by atoms with E-state index < -0.39 is 5.97 Å². The maximum Gasteiger partial charge on any atom is 0.341 e. The summed E-state index contributed by atoms with van der Waals surface area (Å²) in [6.07, 6.45) is 0. The molecule has 8 heteroatoms. The Morgan fingerprint density at radius 1 is 1.21 bits per heavy atom. The van der Waals surface area contributed by atoms with Crippen molar-refractivity contribution in [3.05, 3.63) is 51.0 Å². The SMILES string of the molecule is CCN(CC)CCOC(=O)c1ccc(NCc2cc(Br)cc(Cl)c2O)cc1O. The first-order valence-electron chi connectivity index (χ1n) is 8.98. The molecule has 28 heavy (non-hydrogen) atoms. The number of esters is 1. The lowest BCUT2D eigenvalue weighted by Gasteiger charge is -2.17. The van der Waals surface area contributed by atoms with Crippen LogP contribution in [-0.4, -0.2) is 47.3 Å². The van der Waals surface area contributed by atoms with Crippen LogP contribution in [-0.2, 0) is 11.3 Å². The second-order valence-corrected chi connectivity index (χ2v) is 7.47. The summed E-state index contributed by atoms with van der Waals surface area (Å²) in [5.41, 5.74) is 1.30. The average Bonchev–Trinajstić information content (AvgIpc) is 2.66. The van der Waals surface area contributed by atoms with Gasteiger partial charge in [-0.2, -0.15) is 0 Å². The third-order valence-electron chi connectivity index (χ3n) is 4.34. The molecular weight excluding hydrogens is 448 g/mol. The van der Waals surface area contributed by atoms with Crippen molar-refractivity contribution in [3.8, 4) is 11.5 Å². The van der Waals surface area contributed by atoms with Gasteiger partial charge in [0, 0.05) is 34.9 Å². The fraction of sp³-hybridized carbons (Fsp3) is 0.350. The normalized spacial score (nSPS) is 10.9. The smallest absolute Gasteiger partial charge is 0.341 e. The predicted octanol–water partition coefficient (Wildman–Crippen LogP) is 4.62. The Balaban J connectivity index is 1.97. The van der Waals surface area contributed by atoms with Crippen LogP contribution in [0, 0.1) is 0 Å². The van der Waals surface area contributed by atoms with Crippen molar-refractivity contribution < 1.29 is 19.7 Å². The van der Waals surface area contributed by atoms with Gasteiger partial charge in [0.05, 0.1) is 5.02 Å². The van der Waals surface area contributed by atoms with E-state index in [0.717, 1.165) is 17.6 Å². The summed E-state index contributed by atoms with van der Waals surface area (Å²) >= 11 is 9.29. The lowest BCUT2D eigenvalue weighted by Crippen LogP contribution is -2.27. The highest BCUT2D eigenvalue weighted by Crippen LogP contribution is 2.32. The van der Waals surface area contributed by atoms with Gasteiger partial charge in [0.25, 0.3) is 0 Å². The van der Waals surface area contributed by atoms with Crippen LogP contribution in [0.15, 0.2) is 34.8 Å². The zero-order valence-electron chi connectivity index (χ0n) is 15.8. The topological polar surface area (TPSA) is 82.0 Å². The third-order valence-corrected chi connectivity index (χ3v) is 5.09. The van der Waals surface area contributed by atoms with Gasteiger partial charge in [-0.1, -0.05) is 41.4 Å². The number of aromatic hydroxyl groups is 2. The molecule has 0 fully saturated rings. The van der Waals surface area contributed by atoms with E-state index in [-0.39, 0.29) is 35.2 Å². The molecule has 6 nitrogen and oxygen atoms in total. The molecule has 0 aromatic heterocycles. The Morgan fingerprint density at radius 2 is 1.93 bits per heavy atom. The number of nitrogens with zero attached hydrogens (tertiary/aromatic N) is 1. The third kappa shape index (κ3) is 6.02. The van der Waals surface area contributed by atoms with E-state index in [9.17, 15) is 15.0 Å². The van der Waals surface area contributed by atoms with Gasteiger partial charge in [0.2, 0.25) is 0 Å². The van der Waals surface area contributed by atoms with Crippen molar-refractivity contribution in [3.63, 3.8) is 0 Å². The van der Waals surface area contributed by atoms with E-state index in [1.165, 1.54) is 12.1 Å². The maximum atomic E-state index is 12.2. The molecule has 0 unspecified atom stereocenters. The summed E-state index contributed by atoms with van der Waals surface area (Å²) in [5, 5.41) is 23.5. The number of carbonyl (C=O) groups excluding carboxylic acids is 1. The number of halogens is 2. The molecule has 3 N–H and O–H groups in total. The molecule has 2 aromatic rings. The number of benzene rings is 2. The first-order valence-corrected chi connectivity index (χ1v) is 10.2. The number of phenols is 2. The Bertz CT molecular complexity index is 828. The molecule has 2 rings (SSSR count). The Morgan fingerprint density at radius 3 is 2.57 bits per heavy atom. The minimum atomic E-state index is -0.562. The molecule has 152 valence electrons. The molecule has 0 atom stereocenters. The van der Waals surface area contributed by atoms with Gasteiger partial charge in [0.1, 0.15) is 23.7 Å². The quantitative estimate of drug-likeness (QED) is 0.463. The van der Waals surface area contributed by atoms with E-state index >= 15 is 0 Å². The number of carbonyl (C=O) groups is 1. The van der Waals surface area contributed by atoms with E-state index in [1.807, 2.05) is 13.8 Å². The zero-order chi connectivity index (χ0) is 20.7. The fourth-order valence-corrected chi connectivity index (χ4v) is 3.53. The molecule has 0 radical (unpaired) electrons. The van der Waals surface area contributed by atoms with Gasteiger partial charge >= 0.3 is 5.97 Å². The number of hydrogen-bond acceptors (Lipinski definition) is 6. The molecule has 0 aliphatic rings. The summed E-state index contributed by atoms with van der Waals surface area (Å²) in [7, 11) is 0. The van der Waals surface area contributed by atoms with Crippen molar-refractivity contribution in [2.75, 3.05) is 31.6 Å². The largest absolute Gasteiger partial charge is 0.507 e. The summed E-state index contributed by atoms with van der Waals surface area (Å²) in [4.78, 5) is 14.3. The van der Waals surface area contributed by atoms with Crippen LogP contribution in [0.4, 0.5) is 5.69 Å². The van der Waals surface area contributed by atoms with Crippen molar-refractivity contribution in [2.24, 2.45) is 0 Å². The lowest BCUT2D eigenvalue weighted by atomic mass is 10.1. The second kappa shape index (κ2) is 10.5. The molecule has 0 saturated carbocycles. The number of phenolic OH excluding ortho intramolecular Hbond substituents is 2. The molecule has 0 heterocycles. The Labute approximate surface area is 178 Å². The predicted molar refractivity (Wildman–Crippen MR) is 114 cm³/mol. The molecule has 0 bridgehead atoms. The number of nitrogens with one attached hydrogen (secondary N) is 1. The number of hydrogen-bond donors (Lipinski definition) is 3. The molecule has 0 spiro atoms. The van der Waals surface area contributed by atoms with Crippen LogP contribution in [0.2, 0.25) is 5.02 Å². The standard InChI is InChI=1S/C20H24BrClN2O4/c1-3-24(4-2)7-8-28-20(27)16-6-5-15(11-18(16)25)23-12-13-9-14(21)10-17(22)19(13)26/h5-6,9-11,23,25-26H,3-4,7-8,12H2,1-2H3. The molecule has 2 aromatic carbocycles. The van der Waals surface area contributed by atoms with Crippen LogP contribution in [0.25, 0.3) is 0 Å². The minimum Gasteiger partial charge on any atom is -0.507 e. The second-order valence-electron chi connectivity index (χ2n) is 6.14. The van der Waals surface area contributed by atoms with E-state index in [2.05, 4.69) is 26.1 Å². The first kappa shape index (κ1) is 22.3. The van der Waals surface area contributed by atoms with Gasteiger partial charge in [-0.15, -0.1) is 0 Å². The highest BCUT2D eigenvalue weighted by Gasteiger charge is 2.14. The average molecular weight is 472 g/mol. The molecular formula is C20H24BrClN2O4. The van der Waals surface area contributed by atoms with Crippen LogP contribution < -0.4 is 5.32 Å². The van der Waals surface area contributed by atoms with E-state index in [1.54, 1.807) is 18.2 Å². The van der Waals surface area contributed by atoms with E-state index in [4.69, 9.17) is 16.3 Å². The lowest BCUT2D eigenvalue weighted by molar-refractivity contribution is 0.0463.